The van der Waals surface area contributed by atoms with Crippen molar-refractivity contribution in [1.82, 2.24) is 10.2 Å². The molecule has 2 rings (SSSR count). The lowest BCUT2D eigenvalue weighted by atomic mass is 9.98. The van der Waals surface area contributed by atoms with Crippen molar-refractivity contribution in [3.05, 3.63) is 29.8 Å². The number of likely N-dealkylation sites (tertiary alicyclic amines) is 1. The summed E-state index contributed by atoms with van der Waals surface area (Å²) < 4.78 is 0. The molecule has 1 atom stereocenters. The van der Waals surface area contributed by atoms with E-state index in [0.717, 1.165) is 37.2 Å². The predicted octanol–water partition coefficient (Wildman–Crippen LogP) is 1.56. The van der Waals surface area contributed by atoms with E-state index >= 15 is 0 Å². The van der Waals surface area contributed by atoms with Gasteiger partial charge in [-0.2, -0.15) is 0 Å². The first-order valence-corrected chi connectivity index (χ1v) is 7.79. The fourth-order valence-corrected chi connectivity index (χ4v) is 2.65. The van der Waals surface area contributed by atoms with Gasteiger partial charge in [-0.3, -0.25) is 4.79 Å². The Hall–Kier alpha value is -1.99. The lowest BCUT2D eigenvalue weighted by Crippen LogP contribution is -2.41. The van der Waals surface area contributed by atoms with Crippen molar-refractivity contribution >= 4 is 11.6 Å². The van der Waals surface area contributed by atoms with Crippen molar-refractivity contribution in [2.75, 3.05) is 45.7 Å². The molecule has 4 nitrogen and oxygen atoms in total. The minimum atomic E-state index is 0.111. The van der Waals surface area contributed by atoms with E-state index < -0.39 is 0 Å². The van der Waals surface area contributed by atoms with Crippen molar-refractivity contribution in [1.29, 1.82) is 0 Å². The summed E-state index contributed by atoms with van der Waals surface area (Å²) in [6, 6.07) is 8.08. The molecule has 1 aromatic rings. The highest BCUT2D eigenvalue weighted by atomic mass is 16.1. The minimum absolute atomic E-state index is 0.111. The average Bonchev–Trinajstić information content (AvgIpc) is 2.51. The fourth-order valence-electron chi connectivity index (χ4n) is 2.65. The summed E-state index contributed by atoms with van der Waals surface area (Å²) in [5.41, 5.74) is 2.12. The van der Waals surface area contributed by atoms with Crippen LogP contribution in [0.25, 0.3) is 0 Å². The van der Waals surface area contributed by atoms with Crippen LogP contribution >= 0.6 is 0 Å². The third-order valence-electron chi connectivity index (χ3n) is 3.96. The number of hydrogen-bond acceptors (Lipinski definition) is 3. The number of carbonyl (C=O) groups is 1. The van der Waals surface area contributed by atoms with Gasteiger partial charge in [0.2, 0.25) is 5.91 Å². The molecule has 0 bridgehead atoms. The molecule has 1 aliphatic heterocycles. The van der Waals surface area contributed by atoms with E-state index in [1.54, 1.807) is 0 Å². The highest BCUT2D eigenvalue weighted by Crippen LogP contribution is 2.14. The first-order chi connectivity index (χ1) is 10.6. The molecule has 0 aromatic heterocycles. The first-order valence-electron chi connectivity index (χ1n) is 7.79. The molecule has 1 amide bonds. The maximum Gasteiger partial charge on any atom is 0.225 e. The van der Waals surface area contributed by atoms with Crippen molar-refractivity contribution in [2.24, 2.45) is 5.92 Å². The Labute approximate surface area is 133 Å². The number of nitrogens with one attached hydrogen (secondary N) is 1. The summed E-state index contributed by atoms with van der Waals surface area (Å²) >= 11 is 0. The van der Waals surface area contributed by atoms with E-state index in [9.17, 15) is 4.79 Å². The molecule has 0 spiro atoms. The zero-order valence-corrected chi connectivity index (χ0v) is 13.7. The Morgan fingerprint density at radius 1 is 1.36 bits per heavy atom. The summed E-state index contributed by atoms with van der Waals surface area (Å²) in [4.78, 5) is 16.3. The second-order valence-corrected chi connectivity index (χ2v) is 6.06. The number of piperidine rings is 1. The summed E-state index contributed by atoms with van der Waals surface area (Å²) in [6.07, 6.45) is 2.08. The van der Waals surface area contributed by atoms with Gasteiger partial charge in [0.15, 0.2) is 0 Å². The van der Waals surface area contributed by atoms with Crippen LogP contribution in [-0.4, -0.2) is 51.6 Å². The van der Waals surface area contributed by atoms with Gasteiger partial charge in [0.1, 0.15) is 0 Å². The van der Waals surface area contributed by atoms with E-state index in [-0.39, 0.29) is 11.8 Å². The van der Waals surface area contributed by atoms with Gasteiger partial charge in [0.25, 0.3) is 0 Å². The topological polar surface area (TPSA) is 35.6 Å². The van der Waals surface area contributed by atoms with E-state index in [1.807, 2.05) is 38.4 Å². The quantitative estimate of drug-likeness (QED) is 0.861. The van der Waals surface area contributed by atoms with E-state index in [2.05, 4.69) is 34.0 Å². The van der Waals surface area contributed by atoms with Crippen LogP contribution in [0.5, 0.6) is 0 Å². The van der Waals surface area contributed by atoms with Gasteiger partial charge in [-0.05, 0) is 50.7 Å². The normalized spacial score (nSPS) is 18.2. The third-order valence-corrected chi connectivity index (χ3v) is 3.96. The minimum Gasteiger partial charge on any atom is -0.378 e. The smallest absolute Gasteiger partial charge is 0.225 e. The van der Waals surface area contributed by atoms with Gasteiger partial charge >= 0.3 is 0 Å². The maximum atomic E-state index is 12.1. The van der Waals surface area contributed by atoms with Crippen molar-refractivity contribution < 1.29 is 4.79 Å². The lowest BCUT2D eigenvalue weighted by Gasteiger charge is -2.28. The van der Waals surface area contributed by atoms with Crippen LogP contribution < -0.4 is 10.2 Å². The van der Waals surface area contributed by atoms with Gasteiger partial charge in [-0.25, -0.2) is 0 Å². The van der Waals surface area contributed by atoms with E-state index in [1.165, 1.54) is 0 Å². The molecule has 1 aliphatic rings. The molecule has 22 heavy (non-hydrogen) atoms. The molecule has 118 valence electrons. The maximum absolute atomic E-state index is 12.1. The number of hydrogen-bond donors (Lipinski definition) is 1. The SMILES string of the molecule is CN1CCCC(C(=O)NCC#Cc2ccc(N(C)C)cc2)C1. The second-order valence-electron chi connectivity index (χ2n) is 6.06. The Bertz CT molecular complexity index is 554. The molecule has 0 saturated carbocycles. The van der Waals surface area contributed by atoms with Crippen LogP contribution in [-0.2, 0) is 4.79 Å². The molecule has 1 fully saturated rings. The fraction of sp³-hybridized carbons (Fsp3) is 0.500. The van der Waals surface area contributed by atoms with Gasteiger partial charge in [-0.1, -0.05) is 11.8 Å². The Morgan fingerprint density at radius 3 is 2.73 bits per heavy atom. The molecule has 1 unspecified atom stereocenters. The number of amides is 1. The van der Waals surface area contributed by atoms with E-state index in [0.29, 0.717) is 6.54 Å². The van der Waals surface area contributed by atoms with Gasteiger partial charge < -0.3 is 15.1 Å². The molecule has 4 heteroatoms. The molecule has 0 aliphatic carbocycles. The summed E-state index contributed by atoms with van der Waals surface area (Å²) in [5, 5.41) is 2.93. The molecular formula is C18H25N3O. The lowest BCUT2D eigenvalue weighted by molar-refractivity contribution is -0.126. The highest BCUT2D eigenvalue weighted by molar-refractivity contribution is 5.79. The van der Waals surface area contributed by atoms with Crippen LogP contribution in [0.2, 0.25) is 0 Å². The summed E-state index contributed by atoms with van der Waals surface area (Å²) in [5.74, 6) is 6.35. The Kier molecular flexibility index (Phi) is 5.85. The van der Waals surface area contributed by atoms with Crippen LogP contribution in [0.4, 0.5) is 5.69 Å². The standard InChI is InChI=1S/C18H25N3O/c1-20(2)17-10-8-15(9-11-17)6-4-12-19-18(22)16-7-5-13-21(3)14-16/h8-11,16H,5,7,12-14H2,1-3H3,(H,19,22). The molecule has 1 N–H and O–H groups in total. The third kappa shape index (κ3) is 4.78. The number of benzene rings is 1. The van der Waals surface area contributed by atoms with Crippen LogP contribution in [0.15, 0.2) is 24.3 Å². The highest BCUT2D eigenvalue weighted by Gasteiger charge is 2.23. The van der Waals surface area contributed by atoms with Crippen molar-refractivity contribution in [2.45, 2.75) is 12.8 Å². The zero-order chi connectivity index (χ0) is 15.9. The summed E-state index contributed by atoms with van der Waals surface area (Å²) in [7, 11) is 6.09. The van der Waals surface area contributed by atoms with E-state index in [4.69, 9.17) is 0 Å². The zero-order valence-electron chi connectivity index (χ0n) is 13.7. The molecule has 1 saturated heterocycles. The van der Waals surface area contributed by atoms with Gasteiger partial charge in [0, 0.05) is 31.9 Å². The number of anilines is 1. The van der Waals surface area contributed by atoms with Crippen LogP contribution in [0.1, 0.15) is 18.4 Å². The molecule has 1 aromatic carbocycles. The van der Waals surface area contributed by atoms with Crippen LogP contribution in [0, 0.1) is 17.8 Å². The molecular weight excluding hydrogens is 274 g/mol. The second kappa shape index (κ2) is 7.86. The Morgan fingerprint density at radius 2 is 2.09 bits per heavy atom. The van der Waals surface area contributed by atoms with Crippen molar-refractivity contribution in [3.8, 4) is 11.8 Å². The Balaban J connectivity index is 1.79. The largest absolute Gasteiger partial charge is 0.378 e. The molecule has 1 heterocycles. The van der Waals surface area contributed by atoms with Gasteiger partial charge in [0.05, 0.1) is 12.5 Å². The number of carbonyl (C=O) groups excluding carboxylic acids is 1. The summed E-state index contributed by atoms with van der Waals surface area (Å²) in [6.45, 7) is 2.35. The van der Waals surface area contributed by atoms with Gasteiger partial charge in [-0.15, -0.1) is 0 Å². The number of rotatable bonds is 3. The monoisotopic (exact) mass is 299 g/mol. The predicted molar refractivity (Wildman–Crippen MR) is 90.9 cm³/mol. The van der Waals surface area contributed by atoms with Crippen molar-refractivity contribution in [3.63, 3.8) is 0 Å². The van der Waals surface area contributed by atoms with Crippen LogP contribution in [0.3, 0.4) is 0 Å². The first kappa shape index (κ1) is 16.4. The average molecular weight is 299 g/mol. The number of nitrogens with zero attached hydrogens (tertiary/aromatic N) is 2. The molecule has 0 radical (unpaired) electrons.